The van der Waals surface area contributed by atoms with Crippen LogP contribution in [0.5, 0.6) is 0 Å². The van der Waals surface area contributed by atoms with Gasteiger partial charge in [0.05, 0.1) is 19.3 Å². The zero-order valence-corrected chi connectivity index (χ0v) is 6.77. The first-order valence-electron chi connectivity index (χ1n) is 3.88. The van der Waals surface area contributed by atoms with Gasteiger partial charge < -0.3 is 19.8 Å². The van der Waals surface area contributed by atoms with E-state index in [1.54, 1.807) is 0 Å². The summed E-state index contributed by atoms with van der Waals surface area (Å²) < 4.78 is 4.89. The molecule has 0 bridgehead atoms. The van der Waals surface area contributed by atoms with Crippen molar-refractivity contribution >= 4 is 5.91 Å². The SMILES string of the molecule is O=C1COCCN1CC(O)CO. The highest BCUT2D eigenvalue weighted by Gasteiger charge is 2.20. The molecule has 0 aromatic rings. The van der Waals surface area contributed by atoms with Crippen LogP contribution in [-0.4, -0.2) is 60.0 Å². The van der Waals surface area contributed by atoms with Crippen molar-refractivity contribution in [3.63, 3.8) is 0 Å². The average molecular weight is 175 g/mol. The van der Waals surface area contributed by atoms with Crippen LogP contribution in [0.1, 0.15) is 0 Å². The predicted octanol–water partition coefficient (Wildman–Crippen LogP) is -1.80. The second-order valence-electron chi connectivity index (χ2n) is 2.73. The molecular weight excluding hydrogens is 162 g/mol. The summed E-state index contributed by atoms with van der Waals surface area (Å²) in [6.07, 6.45) is -0.841. The minimum absolute atomic E-state index is 0.0815. The number of carbonyl (C=O) groups is 1. The summed E-state index contributed by atoms with van der Waals surface area (Å²) in [5.74, 6) is -0.131. The molecule has 0 saturated carbocycles. The predicted molar refractivity (Wildman–Crippen MR) is 40.5 cm³/mol. The number of rotatable bonds is 3. The maximum atomic E-state index is 11.1. The summed E-state index contributed by atoms with van der Waals surface area (Å²) in [4.78, 5) is 12.5. The molecule has 1 fully saturated rings. The molecule has 12 heavy (non-hydrogen) atoms. The zero-order valence-electron chi connectivity index (χ0n) is 6.77. The second-order valence-corrected chi connectivity index (χ2v) is 2.73. The van der Waals surface area contributed by atoms with Gasteiger partial charge in [-0.1, -0.05) is 0 Å². The fourth-order valence-corrected chi connectivity index (χ4v) is 1.06. The molecule has 0 aliphatic carbocycles. The molecule has 1 unspecified atom stereocenters. The molecule has 1 aliphatic rings. The van der Waals surface area contributed by atoms with Crippen LogP contribution in [0.15, 0.2) is 0 Å². The first kappa shape index (κ1) is 9.44. The molecule has 2 N–H and O–H groups in total. The number of morpholine rings is 1. The van der Waals surface area contributed by atoms with Gasteiger partial charge in [-0.25, -0.2) is 0 Å². The summed E-state index contributed by atoms with van der Waals surface area (Å²) >= 11 is 0. The van der Waals surface area contributed by atoms with Gasteiger partial charge in [0.25, 0.3) is 0 Å². The van der Waals surface area contributed by atoms with Crippen LogP contribution >= 0.6 is 0 Å². The highest BCUT2D eigenvalue weighted by atomic mass is 16.5. The van der Waals surface area contributed by atoms with E-state index >= 15 is 0 Å². The van der Waals surface area contributed by atoms with Crippen molar-refractivity contribution in [1.29, 1.82) is 0 Å². The maximum Gasteiger partial charge on any atom is 0.248 e. The lowest BCUT2D eigenvalue weighted by atomic mass is 10.3. The number of aliphatic hydroxyl groups excluding tert-OH is 2. The van der Waals surface area contributed by atoms with Crippen molar-refractivity contribution in [2.45, 2.75) is 6.10 Å². The standard InChI is InChI=1S/C7H13NO4/c9-4-6(10)3-8-1-2-12-5-7(8)11/h6,9-10H,1-5H2. The largest absolute Gasteiger partial charge is 0.394 e. The minimum Gasteiger partial charge on any atom is -0.394 e. The Balaban J connectivity index is 2.34. The molecule has 1 saturated heterocycles. The van der Waals surface area contributed by atoms with Crippen LogP contribution in [0.25, 0.3) is 0 Å². The van der Waals surface area contributed by atoms with E-state index in [0.717, 1.165) is 0 Å². The Kier molecular flexibility index (Phi) is 3.46. The number of ether oxygens (including phenoxy) is 1. The van der Waals surface area contributed by atoms with Crippen molar-refractivity contribution in [3.05, 3.63) is 0 Å². The van der Waals surface area contributed by atoms with E-state index in [9.17, 15) is 4.79 Å². The van der Waals surface area contributed by atoms with Crippen LogP contribution in [0.2, 0.25) is 0 Å². The van der Waals surface area contributed by atoms with Crippen molar-refractivity contribution in [3.8, 4) is 0 Å². The normalized spacial score (nSPS) is 21.2. The number of carbonyl (C=O) groups excluding carboxylic acids is 1. The Morgan fingerprint density at radius 1 is 1.67 bits per heavy atom. The number of hydrogen-bond donors (Lipinski definition) is 2. The fraction of sp³-hybridized carbons (Fsp3) is 0.857. The number of aliphatic hydroxyl groups is 2. The molecule has 1 amide bonds. The summed E-state index contributed by atoms with van der Waals surface area (Å²) in [7, 11) is 0. The molecule has 0 spiro atoms. The molecule has 5 heteroatoms. The van der Waals surface area contributed by atoms with Gasteiger partial charge in [0.1, 0.15) is 6.61 Å². The summed E-state index contributed by atoms with van der Waals surface area (Å²) in [5.41, 5.74) is 0. The quantitative estimate of drug-likeness (QED) is 0.531. The first-order chi connectivity index (χ1) is 5.74. The van der Waals surface area contributed by atoms with Gasteiger partial charge in [0.15, 0.2) is 0 Å². The van der Waals surface area contributed by atoms with E-state index < -0.39 is 6.10 Å². The van der Waals surface area contributed by atoms with Gasteiger partial charge in [-0.3, -0.25) is 4.79 Å². The third-order valence-corrected chi connectivity index (χ3v) is 1.73. The molecule has 1 atom stereocenters. The molecular formula is C7H13NO4. The molecule has 0 aromatic carbocycles. The van der Waals surface area contributed by atoms with Crippen molar-refractivity contribution < 1.29 is 19.7 Å². The third-order valence-electron chi connectivity index (χ3n) is 1.73. The van der Waals surface area contributed by atoms with E-state index in [2.05, 4.69) is 0 Å². The third kappa shape index (κ3) is 2.44. The second kappa shape index (κ2) is 4.39. The number of nitrogens with zero attached hydrogens (tertiary/aromatic N) is 1. The van der Waals surface area contributed by atoms with Gasteiger partial charge in [0.2, 0.25) is 5.91 Å². The van der Waals surface area contributed by atoms with Crippen LogP contribution in [0, 0.1) is 0 Å². The van der Waals surface area contributed by atoms with Gasteiger partial charge in [0, 0.05) is 13.1 Å². The Morgan fingerprint density at radius 2 is 2.42 bits per heavy atom. The molecule has 5 nitrogen and oxygen atoms in total. The molecule has 1 aliphatic heterocycles. The van der Waals surface area contributed by atoms with Crippen molar-refractivity contribution in [2.75, 3.05) is 32.9 Å². The number of amides is 1. The van der Waals surface area contributed by atoms with Crippen molar-refractivity contribution in [1.82, 2.24) is 4.90 Å². The van der Waals surface area contributed by atoms with E-state index in [1.807, 2.05) is 0 Å². The van der Waals surface area contributed by atoms with Gasteiger partial charge >= 0.3 is 0 Å². The Hall–Kier alpha value is -0.650. The minimum atomic E-state index is -0.841. The van der Waals surface area contributed by atoms with Crippen molar-refractivity contribution in [2.24, 2.45) is 0 Å². The van der Waals surface area contributed by atoms with Crippen LogP contribution in [0.4, 0.5) is 0 Å². The fourth-order valence-electron chi connectivity index (χ4n) is 1.06. The monoisotopic (exact) mass is 175 g/mol. The lowest BCUT2D eigenvalue weighted by Gasteiger charge is -2.28. The average Bonchev–Trinajstić information content (AvgIpc) is 2.09. The smallest absolute Gasteiger partial charge is 0.248 e. The van der Waals surface area contributed by atoms with Crippen LogP contribution in [0.3, 0.4) is 0 Å². The first-order valence-corrected chi connectivity index (χ1v) is 3.88. The highest BCUT2D eigenvalue weighted by molar-refractivity contribution is 5.78. The molecule has 70 valence electrons. The summed E-state index contributed by atoms with van der Waals surface area (Å²) in [6, 6.07) is 0. The van der Waals surface area contributed by atoms with Gasteiger partial charge in [-0.05, 0) is 0 Å². The lowest BCUT2D eigenvalue weighted by Crippen LogP contribution is -2.45. The van der Waals surface area contributed by atoms with E-state index in [4.69, 9.17) is 14.9 Å². The van der Waals surface area contributed by atoms with Gasteiger partial charge in [-0.15, -0.1) is 0 Å². The molecule has 1 rings (SSSR count). The van der Waals surface area contributed by atoms with Crippen LogP contribution < -0.4 is 0 Å². The van der Waals surface area contributed by atoms with E-state index in [0.29, 0.717) is 13.2 Å². The van der Waals surface area contributed by atoms with Crippen LogP contribution in [-0.2, 0) is 9.53 Å². The number of β-amino-alcohol motifs (C(OH)–C–C–N with tert-alkyl or cyclic N) is 1. The summed E-state index contributed by atoms with van der Waals surface area (Å²) in [6.45, 7) is 0.960. The van der Waals surface area contributed by atoms with E-state index in [1.165, 1.54) is 4.90 Å². The number of hydrogen-bond acceptors (Lipinski definition) is 4. The summed E-state index contributed by atoms with van der Waals surface area (Å²) in [5, 5.41) is 17.6. The Bertz CT molecular complexity index is 161. The van der Waals surface area contributed by atoms with E-state index in [-0.39, 0.29) is 25.7 Å². The maximum absolute atomic E-state index is 11.1. The molecule has 0 aromatic heterocycles. The zero-order chi connectivity index (χ0) is 8.97. The highest BCUT2D eigenvalue weighted by Crippen LogP contribution is 1.99. The Morgan fingerprint density at radius 3 is 3.00 bits per heavy atom. The molecule has 0 radical (unpaired) electrons. The van der Waals surface area contributed by atoms with Gasteiger partial charge in [-0.2, -0.15) is 0 Å². The molecule has 1 heterocycles. The Labute approximate surface area is 70.5 Å². The lowest BCUT2D eigenvalue weighted by molar-refractivity contribution is -0.144. The topological polar surface area (TPSA) is 70.0 Å².